The second kappa shape index (κ2) is 9.59. The van der Waals surface area contributed by atoms with Crippen molar-refractivity contribution in [3.63, 3.8) is 0 Å². The minimum Gasteiger partial charge on any atom is -0.455 e. The molecule has 1 aliphatic rings. The number of piperidine rings is 1. The second-order valence-electron chi connectivity index (χ2n) is 8.10. The van der Waals surface area contributed by atoms with E-state index in [1.807, 2.05) is 25.1 Å². The Bertz CT molecular complexity index is 936. The molecule has 1 aliphatic heterocycles. The van der Waals surface area contributed by atoms with E-state index in [0.717, 1.165) is 24.2 Å². The van der Waals surface area contributed by atoms with Gasteiger partial charge in [0, 0.05) is 0 Å². The lowest BCUT2D eigenvalue weighted by Crippen LogP contribution is -3.16. The third-order valence-corrected chi connectivity index (χ3v) is 7.03. The summed E-state index contributed by atoms with van der Waals surface area (Å²) >= 11 is 0. The van der Waals surface area contributed by atoms with Crippen LogP contribution in [-0.2, 0) is 21.3 Å². The summed E-state index contributed by atoms with van der Waals surface area (Å²) in [6.07, 6.45) is 3.77. The molecule has 6 nitrogen and oxygen atoms in total. The van der Waals surface area contributed by atoms with Gasteiger partial charge in [-0.05, 0) is 50.8 Å². The van der Waals surface area contributed by atoms with Crippen LogP contribution < -0.4 is 10.2 Å². The smallest absolute Gasteiger partial charge is 0.287 e. The van der Waals surface area contributed by atoms with Crippen LogP contribution in [0.5, 0.6) is 0 Å². The standard InChI is InChI=1S/C22H30N2O4S/c1-17-6-5-8-19(14-17)15-29(26,27)16-20-9-10-21(28-20)22(25)23-11-13-24-12-4-3-7-18(24)2/h5-6,8-10,14,18H,3-4,7,11-13,15-16H2,1-2H3,(H,23,25)/p+1. The van der Waals surface area contributed by atoms with Crippen LogP contribution in [0, 0.1) is 6.92 Å². The van der Waals surface area contributed by atoms with E-state index in [9.17, 15) is 13.2 Å². The summed E-state index contributed by atoms with van der Waals surface area (Å²) in [5.74, 6) is -0.112. The van der Waals surface area contributed by atoms with Gasteiger partial charge in [0.1, 0.15) is 11.5 Å². The van der Waals surface area contributed by atoms with E-state index >= 15 is 0 Å². The molecule has 29 heavy (non-hydrogen) atoms. The van der Waals surface area contributed by atoms with Crippen molar-refractivity contribution in [2.75, 3.05) is 19.6 Å². The zero-order chi connectivity index (χ0) is 20.9. The molecule has 2 atom stereocenters. The SMILES string of the molecule is Cc1cccc(CS(=O)(=O)Cc2ccc(C(=O)NCC[NH+]3CCCCC3C)o2)c1. The summed E-state index contributed by atoms with van der Waals surface area (Å²) in [6.45, 7) is 6.82. The van der Waals surface area contributed by atoms with Crippen LogP contribution in [0.25, 0.3) is 0 Å². The molecule has 0 spiro atoms. The van der Waals surface area contributed by atoms with Gasteiger partial charge in [-0.3, -0.25) is 4.79 Å². The van der Waals surface area contributed by atoms with E-state index in [0.29, 0.717) is 12.6 Å². The molecule has 0 bridgehead atoms. The Kier molecular flexibility index (Phi) is 7.14. The fourth-order valence-corrected chi connectivity index (χ4v) is 5.33. The Morgan fingerprint density at radius 1 is 1.21 bits per heavy atom. The first kappa shape index (κ1) is 21.6. The molecule has 1 saturated heterocycles. The molecule has 2 N–H and O–H groups in total. The number of furan rings is 1. The van der Waals surface area contributed by atoms with E-state index in [1.165, 1.54) is 24.2 Å². The Morgan fingerprint density at radius 2 is 2.03 bits per heavy atom. The number of likely N-dealkylation sites (tertiary alicyclic amines) is 1. The number of rotatable bonds is 8. The van der Waals surface area contributed by atoms with Gasteiger partial charge in [-0.2, -0.15) is 0 Å². The van der Waals surface area contributed by atoms with Crippen molar-refractivity contribution in [1.29, 1.82) is 0 Å². The Labute approximate surface area is 173 Å². The average molecular weight is 420 g/mol. The molecule has 0 radical (unpaired) electrons. The first-order valence-electron chi connectivity index (χ1n) is 10.3. The van der Waals surface area contributed by atoms with Crippen molar-refractivity contribution < 1.29 is 22.5 Å². The van der Waals surface area contributed by atoms with E-state index in [4.69, 9.17) is 4.42 Å². The number of hydrogen-bond acceptors (Lipinski definition) is 4. The molecule has 0 aliphatic carbocycles. The van der Waals surface area contributed by atoms with Gasteiger partial charge < -0.3 is 14.6 Å². The molecule has 1 fully saturated rings. The highest BCUT2D eigenvalue weighted by Gasteiger charge is 2.22. The van der Waals surface area contributed by atoms with Crippen molar-refractivity contribution in [2.45, 2.75) is 50.7 Å². The molecule has 0 saturated carbocycles. The molecule has 1 aromatic heterocycles. The first-order valence-corrected chi connectivity index (χ1v) is 12.1. The Balaban J connectivity index is 1.50. The molecule has 1 aromatic carbocycles. The van der Waals surface area contributed by atoms with Crippen LogP contribution in [0.15, 0.2) is 40.8 Å². The van der Waals surface area contributed by atoms with Crippen molar-refractivity contribution in [3.05, 3.63) is 59.0 Å². The number of benzene rings is 1. The minimum absolute atomic E-state index is 0.0479. The molecule has 3 rings (SSSR count). The molecule has 2 aromatic rings. The fourth-order valence-electron chi connectivity index (χ4n) is 3.95. The second-order valence-corrected chi connectivity index (χ2v) is 10.2. The van der Waals surface area contributed by atoms with Crippen molar-refractivity contribution >= 4 is 15.7 Å². The number of carbonyl (C=O) groups is 1. The average Bonchev–Trinajstić information content (AvgIpc) is 3.10. The fraction of sp³-hybridized carbons (Fsp3) is 0.500. The van der Waals surface area contributed by atoms with Gasteiger partial charge >= 0.3 is 0 Å². The van der Waals surface area contributed by atoms with E-state index in [1.54, 1.807) is 18.2 Å². The minimum atomic E-state index is -3.38. The highest BCUT2D eigenvalue weighted by Crippen LogP contribution is 2.16. The van der Waals surface area contributed by atoms with Gasteiger partial charge in [0.25, 0.3) is 5.91 Å². The van der Waals surface area contributed by atoms with E-state index in [-0.39, 0.29) is 28.9 Å². The van der Waals surface area contributed by atoms with E-state index in [2.05, 4.69) is 12.2 Å². The predicted octanol–water partition coefficient (Wildman–Crippen LogP) is 1.89. The molecule has 7 heteroatoms. The lowest BCUT2D eigenvalue weighted by molar-refractivity contribution is -0.927. The van der Waals surface area contributed by atoms with Gasteiger partial charge in [-0.25, -0.2) is 8.42 Å². The van der Waals surface area contributed by atoms with Crippen LogP contribution >= 0.6 is 0 Å². The topological polar surface area (TPSA) is 80.8 Å². The number of carbonyl (C=O) groups excluding carboxylic acids is 1. The Morgan fingerprint density at radius 3 is 2.79 bits per heavy atom. The van der Waals surface area contributed by atoms with Gasteiger partial charge in [0.15, 0.2) is 15.6 Å². The van der Waals surface area contributed by atoms with Crippen LogP contribution in [0.2, 0.25) is 0 Å². The van der Waals surface area contributed by atoms with E-state index < -0.39 is 9.84 Å². The number of quaternary nitrogens is 1. The first-order chi connectivity index (χ1) is 13.8. The molecule has 2 unspecified atom stereocenters. The third-order valence-electron chi connectivity index (χ3n) is 5.53. The zero-order valence-corrected chi connectivity index (χ0v) is 18.1. The summed E-state index contributed by atoms with van der Waals surface area (Å²) in [4.78, 5) is 13.8. The lowest BCUT2D eigenvalue weighted by Gasteiger charge is -2.30. The number of aryl methyl sites for hydroxylation is 1. The molecular weight excluding hydrogens is 388 g/mol. The van der Waals surface area contributed by atoms with Crippen molar-refractivity contribution in [1.82, 2.24) is 5.32 Å². The summed E-state index contributed by atoms with van der Waals surface area (Å²) in [5.41, 5.74) is 1.78. The predicted molar refractivity (Wildman–Crippen MR) is 113 cm³/mol. The maximum absolute atomic E-state index is 12.5. The highest BCUT2D eigenvalue weighted by molar-refractivity contribution is 7.89. The molecule has 2 heterocycles. The Hall–Kier alpha value is -2.12. The summed E-state index contributed by atoms with van der Waals surface area (Å²) < 4.78 is 30.5. The maximum atomic E-state index is 12.5. The normalized spacial score (nSPS) is 19.8. The van der Waals surface area contributed by atoms with Gasteiger partial charge in [-0.1, -0.05) is 29.8 Å². The number of sulfone groups is 1. The largest absolute Gasteiger partial charge is 0.455 e. The van der Waals surface area contributed by atoms with Crippen molar-refractivity contribution in [3.8, 4) is 0 Å². The van der Waals surface area contributed by atoms with Crippen LogP contribution in [0.4, 0.5) is 0 Å². The number of amides is 1. The summed E-state index contributed by atoms with van der Waals surface area (Å²) in [6, 6.07) is 11.2. The van der Waals surface area contributed by atoms with Crippen LogP contribution in [0.1, 0.15) is 53.6 Å². The monoisotopic (exact) mass is 419 g/mol. The quantitative estimate of drug-likeness (QED) is 0.685. The number of nitrogens with one attached hydrogen (secondary N) is 2. The zero-order valence-electron chi connectivity index (χ0n) is 17.2. The molecule has 158 valence electrons. The molecular formula is C22H31N2O4S+. The van der Waals surface area contributed by atoms with Crippen molar-refractivity contribution in [2.24, 2.45) is 0 Å². The van der Waals surface area contributed by atoms with Crippen LogP contribution in [0.3, 0.4) is 0 Å². The van der Waals surface area contributed by atoms with Gasteiger partial charge in [0.2, 0.25) is 0 Å². The van der Waals surface area contributed by atoms with Gasteiger partial charge in [0.05, 0.1) is 31.4 Å². The lowest BCUT2D eigenvalue weighted by atomic mass is 10.0. The third kappa shape index (κ3) is 6.44. The maximum Gasteiger partial charge on any atom is 0.287 e. The highest BCUT2D eigenvalue weighted by atomic mass is 32.2. The van der Waals surface area contributed by atoms with Gasteiger partial charge in [-0.15, -0.1) is 0 Å². The summed E-state index contributed by atoms with van der Waals surface area (Å²) in [7, 11) is -3.38. The number of hydrogen-bond donors (Lipinski definition) is 2. The van der Waals surface area contributed by atoms with Crippen LogP contribution in [-0.4, -0.2) is 40.0 Å². The molecule has 1 amide bonds. The summed E-state index contributed by atoms with van der Waals surface area (Å²) in [5, 5.41) is 2.89.